The van der Waals surface area contributed by atoms with E-state index >= 15 is 0 Å². The number of aromatic nitrogens is 1. The molecule has 1 spiro atoms. The molecule has 0 radical (unpaired) electrons. The Hall–Kier alpha value is -2.73. The molecule has 3 aromatic rings. The van der Waals surface area contributed by atoms with E-state index in [1.807, 2.05) is 35.2 Å². The number of amides is 1. The molecule has 5 rings (SSSR count). The van der Waals surface area contributed by atoms with E-state index in [2.05, 4.69) is 16.4 Å². The number of hydrogen-bond donors (Lipinski definition) is 1. The SMILES string of the molecule is O=C(c1ccnc(Cl)c1)N1c2ccc(F)cc2C2(CCNCC2)C1C/C=C/c1ccc(Cl)cc1. The van der Waals surface area contributed by atoms with Gasteiger partial charge in [0.1, 0.15) is 11.0 Å². The average Bonchev–Trinajstić information content (AvgIpc) is 3.09. The molecule has 1 N–H and O–H groups in total. The number of rotatable bonds is 4. The number of nitrogens with one attached hydrogen (secondary N) is 1. The molecule has 34 heavy (non-hydrogen) atoms. The highest BCUT2D eigenvalue weighted by Crippen LogP contribution is 2.52. The number of benzene rings is 2. The maximum Gasteiger partial charge on any atom is 0.258 e. The molecule has 174 valence electrons. The van der Waals surface area contributed by atoms with Gasteiger partial charge in [0.15, 0.2) is 0 Å². The van der Waals surface area contributed by atoms with E-state index in [9.17, 15) is 9.18 Å². The predicted octanol–water partition coefficient (Wildman–Crippen LogP) is 6.28. The summed E-state index contributed by atoms with van der Waals surface area (Å²) in [5, 5.41) is 4.37. The molecule has 3 heterocycles. The molecule has 0 aliphatic carbocycles. The maximum atomic E-state index is 14.5. The van der Waals surface area contributed by atoms with Crippen molar-refractivity contribution in [2.75, 3.05) is 18.0 Å². The van der Waals surface area contributed by atoms with Crippen LogP contribution >= 0.6 is 23.2 Å². The third kappa shape index (κ3) is 4.24. The quantitative estimate of drug-likeness (QED) is 0.433. The lowest BCUT2D eigenvalue weighted by Gasteiger charge is -2.41. The second-order valence-corrected chi connectivity index (χ2v) is 9.64. The van der Waals surface area contributed by atoms with Crippen molar-refractivity contribution in [3.63, 3.8) is 0 Å². The Kier molecular flexibility index (Phi) is 6.43. The van der Waals surface area contributed by atoms with Crippen molar-refractivity contribution >= 4 is 40.9 Å². The fraction of sp³-hybridized carbons (Fsp3) is 0.259. The summed E-state index contributed by atoms with van der Waals surface area (Å²) in [4.78, 5) is 19.7. The summed E-state index contributed by atoms with van der Waals surface area (Å²) in [7, 11) is 0. The van der Waals surface area contributed by atoms with E-state index in [0.717, 1.165) is 42.7 Å². The van der Waals surface area contributed by atoms with E-state index in [4.69, 9.17) is 23.2 Å². The topological polar surface area (TPSA) is 45.2 Å². The summed E-state index contributed by atoms with van der Waals surface area (Å²) in [5.41, 5.74) is 2.84. The minimum Gasteiger partial charge on any atom is -0.317 e. The van der Waals surface area contributed by atoms with Crippen LogP contribution in [0.25, 0.3) is 6.08 Å². The second-order valence-electron chi connectivity index (χ2n) is 8.82. The minimum atomic E-state index is -0.334. The summed E-state index contributed by atoms with van der Waals surface area (Å²) in [5.74, 6) is -0.439. The fourth-order valence-electron chi connectivity index (χ4n) is 5.35. The highest BCUT2D eigenvalue weighted by atomic mass is 35.5. The van der Waals surface area contributed by atoms with Gasteiger partial charge in [-0.05, 0) is 85.9 Å². The van der Waals surface area contributed by atoms with Gasteiger partial charge in [-0.2, -0.15) is 0 Å². The van der Waals surface area contributed by atoms with Crippen LogP contribution in [-0.4, -0.2) is 30.0 Å². The smallest absolute Gasteiger partial charge is 0.258 e. The van der Waals surface area contributed by atoms with Gasteiger partial charge < -0.3 is 10.2 Å². The van der Waals surface area contributed by atoms with Crippen LogP contribution in [0.4, 0.5) is 10.1 Å². The highest BCUT2D eigenvalue weighted by molar-refractivity contribution is 6.30. The number of nitrogens with zero attached hydrogens (tertiary/aromatic N) is 2. The van der Waals surface area contributed by atoms with Crippen molar-refractivity contribution < 1.29 is 9.18 Å². The molecule has 2 aliphatic rings. The first-order chi connectivity index (χ1) is 16.5. The van der Waals surface area contributed by atoms with Crippen LogP contribution in [0.2, 0.25) is 10.2 Å². The van der Waals surface area contributed by atoms with E-state index in [1.54, 1.807) is 24.3 Å². The normalized spacial score (nSPS) is 19.0. The van der Waals surface area contributed by atoms with E-state index in [1.165, 1.54) is 12.3 Å². The zero-order valence-electron chi connectivity index (χ0n) is 18.5. The third-order valence-corrected chi connectivity index (χ3v) is 7.39. The number of pyridine rings is 1. The van der Waals surface area contributed by atoms with Gasteiger partial charge in [-0.1, -0.05) is 47.5 Å². The van der Waals surface area contributed by atoms with Gasteiger partial charge in [0, 0.05) is 27.9 Å². The molecular weight excluding hydrogens is 472 g/mol. The van der Waals surface area contributed by atoms with Crippen molar-refractivity contribution in [1.29, 1.82) is 0 Å². The largest absolute Gasteiger partial charge is 0.317 e. The number of fused-ring (bicyclic) bond motifs is 2. The number of anilines is 1. The van der Waals surface area contributed by atoms with Gasteiger partial charge >= 0.3 is 0 Å². The molecule has 1 fully saturated rings. The molecule has 7 heteroatoms. The minimum absolute atomic E-state index is 0.155. The lowest BCUT2D eigenvalue weighted by atomic mass is 9.69. The van der Waals surface area contributed by atoms with Gasteiger partial charge in [-0.3, -0.25) is 4.79 Å². The van der Waals surface area contributed by atoms with E-state index in [0.29, 0.717) is 17.0 Å². The Morgan fingerprint density at radius 3 is 2.62 bits per heavy atom. The van der Waals surface area contributed by atoms with Gasteiger partial charge in [0.25, 0.3) is 5.91 Å². The maximum absolute atomic E-state index is 14.5. The number of piperidine rings is 1. The molecule has 1 aromatic heterocycles. The molecule has 2 aromatic carbocycles. The molecule has 1 saturated heterocycles. The van der Waals surface area contributed by atoms with E-state index in [-0.39, 0.29) is 28.3 Å². The lowest BCUT2D eigenvalue weighted by Crippen LogP contribution is -2.51. The van der Waals surface area contributed by atoms with Gasteiger partial charge in [0.05, 0.1) is 6.04 Å². The molecule has 0 bridgehead atoms. The van der Waals surface area contributed by atoms with Crippen LogP contribution in [-0.2, 0) is 5.41 Å². The first kappa shape index (κ1) is 23.0. The van der Waals surface area contributed by atoms with Crippen LogP contribution in [0.5, 0.6) is 0 Å². The van der Waals surface area contributed by atoms with E-state index < -0.39 is 0 Å². The van der Waals surface area contributed by atoms with Crippen LogP contribution in [0.1, 0.15) is 40.7 Å². The Morgan fingerprint density at radius 2 is 1.88 bits per heavy atom. The summed E-state index contributed by atoms with van der Waals surface area (Å²) < 4.78 is 14.5. The number of halogens is 3. The number of carbonyl (C=O) groups excluding carboxylic acids is 1. The number of carbonyl (C=O) groups is 1. The third-order valence-electron chi connectivity index (χ3n) is 6.93. The summed E-state index contributed by atoms with van der Waals surface area (Å²) in [6.45, 7) is 1.63. The summed E-state index contributed by atoms with van der Waals surface area (Å²) in [6, 6.07) is 15.5. The number of hydrogen-bond acceptors (Lipinski definition) is 3. The van der Waals surface area contributed by atoms with Crippen LogP contribution in [0, 0.1) is 5.82 Å². The molecule has 1 atom stereocenters. The molecule has 2 aliphatic heterocycles. The molecule has 4 nitrogen and oxygen atoms in total. The second kappa shape index (κ2) is 9.49. The van der Waals surface area contributed by atoms with Crippen molar-refractivity contribution in [3.05, 3.63) is 99.6 Å². The molecule has 1 amide bonds. The Bertz CT molecular complexity index is 1240. The Balaban J connectivity index is 1.57. The Morgan fingerprint density at radius 1 is 1.12 bits per heavy atom. The predicted molar refractivity (Wildman–Crippen MR) is 135 cm³/mol. The van der Waals surface area contributed by atoms with Gasteiger partial charge in [0.2, 0.25) is 0 Å². The molecule has 1 unspecified atom stereocenters. The van der Waals surface area contributed by atoms with Crippen LogP contribution in [0.15, 0.2) is 66.9 Å². The summed E-state index contributed by atoms with van der Waals surface area (Å²) >= 11 is 12.1. The van der Waals surface area contributed by atoms with Crippen LogP contribution in [0.3, 0.4) is 0 Å². The monoisotopic (exact) mass is 495 g/mol. The van der Waals surface area contributed by atoms with Crippen molar-refractivity contribution in [1.82, 2.24) is 10.3 Å². The first-order valence-electron chi connectivity index (χ1n) is 11.4. The van der Waals surface area contributed by atoms with Crippen molar-refractivity contribution in [3.8, 4) is 0 Å². The Labute approximate surface area is 208 Å². The lowest BCUT2D eigenvalue weighted by molar-refractivity contribution is 0.0964. The molecule has 0 saturated carbocycles. The summed E-state index contributed by atoms with van der Waals surface area (Å²) in [6.07, 6.45) is 7.95. The first-order valence-corrected chi connectivity index (χ1v) is 12.1. The standard InChI is InChI=1S/C27H24Cl2FN3O/c28-20-6-4-18(5-7-20)2-1-3-24-27(11-14-31-15-12-27)22-17-21(30)8-9-23(22)33(24)26(34)19-10-13-32-25(29)16-19/h1-2,4-10,13,16-17,24,31H,3,11-12,14-15H2/b2-1+. The zero-order chi connectivity index (χ0) is 23.7. The zero-order valence-corrected chi connectivity index (χ0v) is 20.0. The van der Waals surface area contributed by atoms with Gasteiger partial charge in [-0.15, -0.1) is 0 Å². The average molecular weight is 496 g/mol. The van der Waals surface area contributed by atoms with Crippen LogP contribution < -0.4 is 10.2 Å². The highest BCUT2D eigenvalue weighted by Gasteiger charge is 2.52. The van der Waals surface area contributed by atoms with Gasteiger partial charge in [-0.25, -0.2) is 9.37 Å². The van der Waals surface area contributed by atoms with Crippen molar-refractivity contribution in [2.45, 2.75) is 30.7 Å². The molecular formula is C27H24Cl2FN3O. The fourth-order valence-corrected chi connectivity index (χ4v) is 5.65. The van der Waals surface area contributed by atoms with Crippen molar-refractivity contribution in [2.24, 2.45) is 0 Å².